The van der Waals surface area contributed by atoms with Crippen molar-refractivity contribution in [2.24, 2.45) is 0 Å². The first-order chi connectivity index (χ1) is 13.8. The molecule has 0 saturated heterocycles. The molecule has 1 N–H and O–H groups in total. The number of non-ortho nitro benzene ring substituents is 1. The van der Waals surface area contributed by atoms with Gasteiger partial charge in [-0.2, -0.15) is 5.10 Å². The van der Waals surface area contributed by atoms with Crippen molar-refractivity contribution in [3.05, 3.63) is 82.0 Å². The number of carbonyl (C=O) groups is 1. The van der Waals surface area contributed by atoms with Crippen LogP contribution in [0.5, 0.6) is 0 Å². The van der Waals surface area contributed by atoms with E-state index in [1.807, 2.05) is 68.3 Å². The summed E-state index contributed by atoms with van der Waals surface area (Å²) in [6.45, 7) is 3.90. The summed E-state index contributed by atoms with van der Waals surface area (Å²) in [6, 6.07) is 17.7. The maximum absolute atomic E-state index is 12.6. The minimum atomic E-state index is -0.421. The molecule has 3 aromatic rings. The number of nitro benzene ring substituents is 1. The summed E-state index contributed by atoms with van der Waals surface area (Å²) in [6.07, 6.45) is 0. The number of likely N-dealkylation sites (N-methyl/N-ethyl adjacent to an activating group) is 1. The average Bonchev–Trinajstić information content (AvgIpc) is 3.07. The molecule has 3 rings (SSSR count). The molecule has 1 heterocycles. The fraction of sp³-hybridized carbons (Fsp3) is 0.238. The topological polar surface area (TPSA) is 93.3 Å². The number of anilines is 1. The summed E-state index contributed by atoms with van der Waals surface area (Å²) >= 11 is 0. The molecule has 8 heteroatoms. The van der Waals surface area contributed by atoms with Gasteiger partial charge in [-0.1, -0.05) is 30.3 Å². The predicted molar refractivity (Wildman–Crippen MR) is 111 cm³/mol. The zero-order valence-corrected chi connectivity index (χ0v) is 16.6. The van der Waals surface area contributed by atoms with E-state index in [9.17, 15) is 14.9 Å². The van der Waals surface area contributed by atoms with E-state index >= 15 is 0 Å². The molecule has 1 atom stereocenters. The van der Waals surface area contributed by atoms with Crippen molar-refractivity contribution in [2.45, 2.75) is 19.9 Å². The molecule has 0 bridgehead atoms. The Hall–Kier alpha value is -3.52. The lowest BCUT2D eigenvalue weighted by Gasteiger charge is -2.24. The monoisotopic (exact) mass is 393 g/mol. The van der Waals surface area contributed by atoms with Gasteiger partial charge in [0.2, 0.25) is 5.91 Å². The van der Waals surface area contributed by atoms with Crippen LogP contribution < -0.4 is 5.32 Å². The van der Waals surface area contributed by atoms with Crippen LogP contribution in [0.4, 0.5) is 11.5 Å². The van der Waals surface area contributed by atoms with Gasteiger partial charge in [0.25, 0.3) is 5.69 Å². The van der Waals surface area contributed by atoms with Gasteiger partial charge in [0.1, 0.15) is 5.82 Å². The lowest BCUT2D eigenvalue weighted by molar-refractivity contribution is -0.384. The first-order valence-corrected chi connectivity index (χ1v) is 9.21. The van der Waals surface area contributed by atoms with Crippen molar-refractivity contribution in [2.75, 3.05) is 18.9 Å². The van der Waals surface area contributed by atoms with Gasteiger partial charge in [-0.15, -0.1) is 0 Å². The van der Waals surface area contributed by atoms with E-state index in [4.69, 9.17) is 0 Å². The first kappa shape index (κ1) is 20.2. The molecule has 0 spiro atoms. The average molecular weight is 393 g/mol. The predicted octanol–water partition coefficient (Wildman–Crippen LogP) is 3.72. The van der Waals surface area contributed by atoms with Crippen LogP contribution in [0.3, 0.4) is 0 Å². The van der Waals surface area contributed by atoms with Crippen molar-refractivity contribution in [1.29, 1.82) is 0 Å². The van der Waals surface area contributed by atoms with E-state index in [0.717, 1.165) is 16.9 Å². The highest BCUT2D eigenvalue weighted by Crippen LogP contribution is 2.23. The number of carbonyl (C=O) groups excluding carboxylic acids is 1. The van der Waals surface area contributed by atoms with E-state index in [0.29, 0.717) is 5.82 Å². The maximum Gasteiger partial charge on any atom is 0.269 e. The summed E-state index contributed by atoms with van der Waals surface area (Å²) in [5.74, 6) is 0.400. The van der Waals surface area contributed by atoms with Crippen molar-refractivity contribution in [3.63, 3.8) is 0 Å². The molecule has 0 radical (unpaired) electrons. The molecule has 0 unspecified atom stereocenters. The van der Waals surface area contributed by atoms with Crippen LogP contribution in [0, 0.1) is 17.0 Å². The van der Waals surface area contributed by atoms with Gasteiger partial charge in [-0.3, -0.25) is 19.8 Å². The molecule has 1 amide bonds. The van der Waals surface area contributed by atoms with Gasteiger partial charge in [-0.05, 0) is 38.6 Å². The Morgan fingerprint density at radius 2 is 1.93 bits per heavy atom. The van der Waals surface area contributed by atoms with E-state index in [1.54, 1.807) is 10.7 Å². The van der Waals surface area contributed by atoms with Gasteiger partial charge in [-0.25, -0.2) is 4.68 Å². The summed E-state index contributed by atoms with van der Waals surface area (Å²) in [5, 5.41) is 18.4. The molecular formula is C21H23N5O3. The Balaban J connectivity index is 1.70. The first-order valence-electron chi connectivity index (χ1n) is 9.21. The number of para-hydroxylation sites is 1. The molecule has 8 nitrogen and oxygen atoms in total. The maximum atomic E-state index is 12.6. The third-order valence-corrected chi connectivity index (χ3v) is 4.72. The Labute approximate surface area is 168 Å². The molecular weight excluding hydrogens is 370 g/mol. The minimum absolute atomic E-state index is 0.0365. The standard InChI is InChI=1S/C21H23N5O3/c1-15-12-20(25(23-15)18-9-5-4-6-10-18)22-21(27)14-24(3)16(2)17-8-7-11-19(13-17)26(28)29/h4-13,16H,14H2,1-3H3,(H,22,27)/t16-/m0/s1. The Morgan fingerprint density at radius 1 is 1.21 bits per heavy atom. The fourth-order valence-electron chi connectivity index (χ4n) is 3.05. The number of hydrogen-bond donors (Lipinski definition) is 1. The SMILES string of the molecule is Cc1cc(NC(=O)CN(C)[C@@H](C)c2cccc([N+](=O)[O-])c2)n(-c2ccccc2)n1. The van der Waals surface area contributed by atoms with Crippen molar-refractivity contribution >= 4 is 17.4 Å². The van der Waals surface area contributed by atoms with Gasteiger partial charge in [0.15, 0.2) is 0 Å². The van der Waals surface area contributed by atoms with Crippen molar-refractivity contribution in [1.82, 2.24) is 14.7 Å². The van der Waals surface area contributed by atoms with E-state index in [2.05, 4.69) is 10.4 Å². The molecule has 0 aliphatic heterocycles. The van der Waals surface area contributed by atoms with Crippen LogP contribution in [-0.2, 0) is 4.79 Å². The van der Waals surface area contributed by atoms with Crippen LogP contribution in [0.2, 0.25) is 0 Å². The summed E-state index contributed by atoms with van der Waals surface area (Å²) in [7, 11) is 1.81. The molecule has 29 heavy (non-hydrogen) atoms. The van der Waals surface area contributed by atoms with Gasteiger partial charge >= 0.3 is 0 Å². The number of aryl methyl sites for hydroxylation is 1. The molecule has 0 aliphatic rings. The van der Waals surface area contributed by atoms with Crippen LogP contribution >= 0.6 is 0 Å². The fourth-order valence-corrected chi connectivity index (χ4v) is 3.05. The van der Waals surface area contributed by atoms with Crippen molar-refractivity contribution < 1.29 is 9.72 Å². The Kier molecular flexibility index (Phi) is 6.04. The zero-order chi connectivity index (χ0) is 21.0. The Morgan fingerprint density at radius 3 is 2.62 bits per heavy atom. The third kappa shape index (κ3) is 4.85. The number of aromatic nitrogens is 2. The number of hydrogen-bond acceptors (Lipinski definition) is 5. The van der Waals surface area contributed by atoms with Gasteiger partial charge < -0.3 is 5.32 Å². The minimum Gasteiger partial charge on any atom is -0.309 e. The zero-order valence-electron chi connectivity index (χ0n) is 16.6. The molecule has 2 aromatic carbocycles. The number of amides is 1. The lowest BCUT2D eigenvalue weighted by Crippen LogP contribution is -2.32. The van der Waals surface area contributed by atoms with Gasteiger partial charge in [0.05, 0.1) is 22.8 Å². The molecule has 150 valence electrons. The van der Waals surface area contributed by atoms with E-state index in [-0.39, 0.29) is 24.2 Å². The van der Waals surface area contributed by atoms with Crippen LogP contribution in [0.15, 0.2) is 60.7 Å². The van der Waals surface area contributed by atoms with Crippen LogP contribution in [0.25, 0.3) is 5.69 Å². The van der Waals surface area contributed by atoms with Crippen molar-refractivity contribution in [3.8, 4) is 5.69 Å². The lowest BCUT2D eigenvalue weighted by atomic mass is 10.1. The second-order valence-corrected chi connectivity index (χ2v) is 6.91. The summed E-state index contributed by atoms with van der Waals surface area (Å²) in [5.41, 5.74) is 2.46. The molecule has 0 aliphatic carbocycles. The number of nitrogens with zero attached hydrogens (tertiary/aromatic N) is 4. The smallest absolute Gasteiger partial charge is 0.269 e. The second-order valence-electron chi connectivity index (χ2n) is 6.91. The largest absolute Gasteiger partial charge is 0.309 e. The summed E-state index contributed by atoms with van der Waals surface area (Å²) < 4.78 is 1.69. The second kappa shape index (κ2) is 8.66. The number of nitrogens with one attached hydrogen (secondary N) is 1. The normalized spacial score (nSPS) is 12.0. The number of benzene rings is 2. The highest BCUT2D eigenvalue weighted by atomic mass is 16.6. The highest BCUT2D eigenvalue weighted by molar-refractivity contribution is 5.91. The third-order valence-electron chi connectivity index (χ3n) is 4.72. The molecule has 1 aromatic heterocycles. The summed E-state index contributed by atoms with van der Waals surface area (Å²) in [4.78, 5) is 25.0. The van der Waals surface area contributed by atoms with E-state index in [1.165, 1.54) is 12.1 Å². The quantitative estimate of drug-likeness (QED) is 0.488. The number of nitro groups is 1. The molecule has 0 saturated carbocycles. The number of rotatable bonds is 7. The van der Waals surface area contributed by atoms with Gasteiger partial charge in [0, 0.05) is 24.2 Å². The molecule has 0 fully saturated rings. The van der Waals surface area contributed by atoms with Crippen LogP contribution in [0.1, 0.15) is 24.2 Å². The van der Waals surface area contributed by atoms with Crippen LogP contribution in [-0.4, -0.2) is 39.1 Å². The highest BCUT2D eigenvalue weighted by Gasteiger charge is 2.18. The Bertz CT molecular complexity index is 1020. The van der Waals surface area contributed by atoms with E-state index < -0.39 is 4.92 Å².